The van der Waals surface area contributed by atoms with Gasteiger partial charge in [-0.05, 0) is 99.7 Å². The lowest BCUT2D eigenvalue weighted by Gasteiger charge is -2.11. The van der Waals surface area contributed by atoms with Gasteiger partial charge in [0, 0.05) is 6.54 Å². The average Bonchev–Trinajstić information content (AvgIpc) is 2.61. The van der Waals surface area contributed by atoms with Gasteiger partial charge in [0.1, 0.15) is 12.4 Å². The summed E-state index contributed by atoms with van der Waals surface area (Å²) in [5.41, 5.74) is 4.84. The molecular formula is C18H17I2N3O3S. The Balaban J connectivity index is 2.02. The molecule has 0 unspecified atom stereocenters. The molecule has 0 bridgehead atoms. The number of benzene rings is 2. The maximum absolute atomic E-state index is 10.9. The summed E-state index contributed by atoms with van der Waals surface area (Å²) in [7, 11) is 0. The van der Waals surface area contributed by atoms with Gasteiger partial charge in [-0.2, -0.15) is 5.10 Å². The van der Waals surface area contributed by atoms with E-state index in [1.165, 1.54) is 0 Å². The summed E-state index contributed by atoms with van der Waals surface area (Å²) < 4.78 is 7.84. The Morgan fingerprint density at radius 3 is 2.44 bits per heavy atom. The molecule has 0 saturated heterocycles. The normalized spacial score (nSPS) is 10.6. The highest BCUT2D eigenvalue weighted by Gasteiger charge is 2.09. The van der Waals surface area contributed by atoms with Gasteiger partial charge in [-0.15, -0.1) is 0 Å². The van der Waals surface area contributed by atoms with Crippen molar-refractivity contribution in [2.24, 2.45) is 5.10 Å². The highest BCUT2D eigenvalue weighted by atomic mass is 127. The van der Waals surface area contributed by atoms with E-state index in [1.54, 1.807) is 30.5 Å². The maximum atomic E-state index is 10.9. The van der Waals surface area contributed by atoms with E-state index in [2.05, 4.69) is 61.0 Å². The number of halogens is 2. The van der Waals surface area contributed by atoms with Crippen molar-refractivity contribution >= 4 is 74.7 Å². The predicted octanol–water partition coefficient (Wildman–Crippen LogP) is 3.99. The van der Waals surface area contributed by atoms with E-state index < -0.39 is 5.97 Å². The lowest BCUT2D eigenvalue weighted by atomic mass is 10.1. The van der Waals surface area contributed by atoms with E-state index in [0.717, 1.165) is 30.6 Å². The average molecular weight is 609 g/mol. The van der Waals surface area contributed by atoms with Crippen molar-refractivity contribution in [3.8, 4) is 5.75 Å². The number of hydrazone groups is 1. The highest BCUT2D eigenvalue weighted by Crippen LogP contribution is 2.29. The summed E-state index contributed by atoms with van der Waals surface area (Å²) >= 11 is 9.49. The van der Waals surface area contributed by atoms with E-state index in [-0.39, 0.29) is 5.56 Å². The Kier molecular flexibility index (Phi) is 8.70. The Labute approximate surface area is 190 Å². The molecule has 0 aliphatic carbocycles. The van der Waals surface area contributed by atoms with Gasteiger partial charge in [0.05, 0.1) is 18.9 Å². The second-order valence-electron chi connectivity index (χ2n) is 5.33. The molecule has 27 heavy (non-hydrogen) atoms. The summed E-state index contributed by atoms with van der Waals surface area (Å²) in [4.78, 5) is 10.9. The molecule has 0 radical (unpaired) electrons. The van der Waals surface area contributed by atoms with Crippen molar-refractivity contribution in [2.75, 3.05) is 6.54 Å². The monoisotopic (exact) mass is 609 g/mol. The largest absolute Gasteiger partial charge is 0.487 e. The molecule has 142 valence electrons. The first kappa shape index (κ1) is 21.8. The van der Waals surface area contributed by atoms with Crippen LogP contribution >= 0.6 is 57.4 Å². The van der Waals surface area contributed by atoms with Gasteiger partial charge in [0.25, 0.3) is 0 Å². The standard InChI is InChI=1S/C18H17I2N3O3S/c1-2-21-18(27)23-22-9-12-7-14(19)16(15(20)8-12)26-10-11-3-5-13(6-4-11)17(24)25/h3-9H,2,10H2,1H3,(H,24,25)(H2,21,23,27)/b22-9-. The van der Waals surface area contributed by atoms with E-state index in [0.29, 0.717) is 11.7 Å². The van der Waals surface area contributed by atoms with Crippen LogP contribution in [0.15, 0.2) is 41.5 Å². The SMILES string of the molecule is CCNC(=S)N/N=C\c1cc(I)c(OCc2ccc(C(=O)O)cc2)c(I)c1. The molecule has 0 heterocycles. The molecule has 0 aliphatic heterocycles. The molecular weight excluding hydrogens is 592 g/mol. The third-order valence-corrected chi connectivity index (χ3v) is 5.16. The Hall–Kier alpha value is -1.47. The molecule has 0 fully saturated rings. The fraction of sp³-hybridized carbons (Fsp3) is 0.167. The minimum atomic E-state index is -0.940. The van der Waals surface area contributed by atoms with Crippen LogP contribution in [0.2, 0.25) is 0 Å². The van der Waals surface area contributed by atoms with Gasteiger partial charge >= 0.3 is 5.97 Å². The lowest BCUT2D eigenvalue weighted by molar-refractivity contribution is 0.0697. The van der Waals surface area contributed by atoms with Crippen molar-refractivity contribution < 1.29 is 14.6 Å². The van der Waals surface area contributed by atoms with Gasteiger partial charge in [-0.25, -0.2) is 4.79 Å². The number of carboxylic acids is 1. The lowest BCUT2D eigenvalue weighted by Crippen LogP contribution is -2.31. The predicted molar refractivity (Wildman–Crippen MR) is 127 cm³/mol. The van der Waals surface area contributed by atoms with Crippen molar-refractivity contribution in [3.63, 3.8) is 0 Å². The quantitative estimate of drug-likeness (QED) is 0.191. The first-order valence-corrected chi connectivity index (χ1v) is 10.5. The number of carboxylic acid groups (broad SMARTS) is 1. The maximum Gasteiger partial charge on any atom is 0.335 e. The summed E-state index contributed by atoms with van der Waals surface area (Å²) in [6.07, 6.45) is 1.70. The molecule has 2 aromatic rings. The van der Waals surface area contributed by atoms with Crippen molar-refractivity contribution in [2.45, 2.75) is 13.5 Å². The zero-order chi connectivity index (χ0) is 19.8. The van der Waals surface area contributed by atoms with Crippen LogP contribution in [0.25, 0.3) is 0 Å². The first-order chi connectivity index (χ1) is 12.9. The third-order valence-electron chi connectivity index (χ3n) is 3.32. The zero-order valence-electron chi connectivity index (χ0n) is 14.3. The minimum absolute atomic E-state index is 0.258. The minimum Gasteiger partial charge on any atom is -0.487 e. The number of nitrogens with one attached hydrogen (secondary N) is 2. The second kappa shape index (κ2) is 10.8. The highest BCUT2D eigenvalue weighted by molar-refractivity contribution is 14.1. The number of ether oxygens (including phenoxy) is 1. The van der Waals surface area contributed by atoms with Gasteiger partial charge in [-0.3, -0.25) is 5.43 Å². The van der Waals surface area contributed by atoms with Crippen LogP contribution < -0.4 is 15.5 Å². The van der Waals surface area contributed by atoms with Crippen molar-refractivity contribution in [1.29, 1.82) is 0 Å². The van der Waals surface area contributed by atoms with E-state index in [1.807, 2.05) is 19.1 Å². The fourth-order valence-corrected chi connectivity index (χ4v) is 4.38. The van der Waals surface area contributed by atoms with Crippen LogP contribution in [0.1, 0.15) is 28.4 Å². The molecule has 0 aliphatic rings. The topological polar surface area (TPSA) is 83.0 Å². The smallest absolute Gasteiger partial charge is 0.335 e. The van der Waals surface area contributed by atoms with Gasteiger partial charge < -0.3 is 15.2 Å². The molecule has 0 amide bonds. The summed E-state index contributed by atoms with van der Waals surface area (Å²) in [5, 5.41) is 16.5. The number of carbonyl (C=O) groups is 1. The number of hydrogen-bond donors (Lipinski definition) is 3. The van der Waals surface area contributed by atoms with Crippen LogP contribution in [0, 0.1) is 7.14 Å². The number of hydrogen-bond acceptors (Lipinski definition) is 4. The summed E-state index contributed by atoms with van der Waals surface area (Å²) in [5.74, 6) is -0.156. The molecule has 3 N–H and O–H groups in total. The van der Waals surface area contributed by atoms with Crippen LogP contribution in [0.5, 0.6) is 5.75 Å². The van der Waals surface area contributed by atoms with Crippen molar-refractivity contribution in [3.05, 3.63) is 60.2 Å². The fourth-order valence-electron chi connectivity index (χ4n) is 2.06. The van der Waals surface area contributed by atoms with E-state index in [4.69, 9.17) is 22.1 Å². The molecule has 0 aromatic heterocycles. The van der Waals surface area contributed by atoms with Crippen LogP contribution in [0.3, 0.4) is 0 Å². The number of aromatic carboxylic acids is 1. The summed E-state index contributed by atoms with van der Waals surface area (Å²) in [6, 6.07) is 10.6. The molecule has 0 saturated carbocycles. The Morgan fingerprint density at radius 1 is 1.26 bits per heavy atom. The first-order valence-electron chi connectivity index (χ1n) is 7.91. The van der Waals surface area contributed by atoms with Crippen LogP contribution in [-0.2, 0) is 6.61 Å². The molecule has 2 aromatic carbocycles. The summed E-state index contributed by atoms with van der Waals surface area (Å²) in [6.45, 7) is 3.06. The number of thiocarbonyl (C=S) groups is 1. The van der Waals surface area contributed by atoms with Crippen molar-refractivity contribution in [1.82, 2.24) is 10.7 Å². The second-order valence-corrected chi connectivity index (χ2v) is 8.07. The molecule has 2 rings (SSSR count). The third kappa shape index (κ3) is 6.88. The van der Waals surface area contributed by atoms with E-state index >= 15 is 0 Å². The Morgan fingerprint density at radius 2 is 1.89 bits per heavy atom. The van der Waals surface area contributed by atoms with Crippen LogP contribution in [0.4, 0.5) is 0 Å². The molecule has 6 nitrogen and oxygen atoms in total. The number of nitrogens with zero attached hydrogens (tertiary/aromatic N) is 1. The van der Waals surface area contributed by atoms with Gasteiger partial charge in [0.2, 0.25) is 0 Å². The molecule has 0 atom stereocenters. The zero-order valence-corrected chi connectivity index (χ0v) is 19.5. The van der Waals surface area contributed by atoms with Gasteiger partial charge in [-0.1, -0.05) is 12.1 Å². The van der Waals surface area contributed by atoms with Crippen LogP contribution in [-0.4, -0.2) is 28.9 Å². The van der Waals surface area contributed by atoms with E-state index in [9.17, 15) is 4.79 Å². The number of rotatable bonds is 7. The van der Waals surface area contributed by atoms with Gasteiger partial charge in [0.15, 0.2) is 5.11 Å². The molecule has 0 spiro atoms. The Bertz CT molecular complexity index is 834. The molecule has 9 heteroatoms.